The zero-order chi connectivity index (χ0) is 16.7. The van der Waals surface area contributed by atoms with Crippen LogP contribution in [0, 0.1) is 0 Å². The van der Waals surface area contributed by atoms with E-state index < -0.39 is 17.7 Å². The van der Waals surface area contributed by atoms with E-state index in [0.29, 0.717) is 17.5 Å². The van der Waals surface area contributed by atoms with E-state index in [0.717, 1.165) is 31.9 Å². The minimum absolute atomic E-state index is 0.215. The van der Waals surface area contributed by atoms with Gasteiger partial charge in [0.2, 0.25) is 11.8 Å². The van der Waals surface area contributed by atoms with Crippen molar-refractivity contribution in [2.75, 3.05) is 31.1 Å². The zero-order valence-corrected chi connectivity index (χ0v) is 13.1. The number of oxazole rings is 1. The number of nitrogens with zero attached hydrogens (tertiary/aromatic N) is 2. The van der Waals surface area contributed by atoms with Crippen LogP contribution in [0.5, 0.6) is 0 Å². The highest BCUT2D eigenvalue weighted by molar-refractivity contribution is 6.00. The Bertz CT molecular complexity index is 863. The Hall–Kier alpha value is -2.61. The standard InChI is InChI=1S/C16H18N4O4/c21-13-5-4-12(15(22)18-13)20-11-3-1-2-10(14(11)24-16(20)23)19-8-6-17-7-9-19/h1-3,12,17H,4-9H2,(H,18,21,22). The van der Waals surface area contributed by atoms with Crippen molar-refractivity contribution in [2.24, 2.45) is 0 Å². The van der Waals surface area contributed by atoms with Crippen molar-refractivity contribution in [3.63, 3.8) is 0 Å². The predicted molar refractivity (Wildman–Crippen MR) is 87.0 cm³/mol. The molecular weight excluding hydrogens is 312 g/mol. The monoisotopic (exact) mass is 330 g/mol. The first kappa shape index (κ1) is 14.9. The zero-order valence-electron chi connectivity index (χ0n) is 13.1. The van der Waals surface area contributed by atoms with Crippen LogP contribution in [0.3, 0.4) is 0 Å². The van der Waals surface area contributed by atoms with Crippen LogP contribution in [0.15, 0.2) is 27.4 Å². The number of piperazine rings is 1. The van der Waals surface area contributed by atoms with E-state index in [1.54, 1.807) is 6.07 Å². The molecule has 0 aliphatic carbocycles. The van der Waals surface area contributed by atoms with Crippen molar-refractivity contribution in [1.29, 1.82) is 0 Å². The van der Waals surface area contributed by atoms with Gasteiger partial charge in [-0.3, -0.25) is 19.5 Å². The van der Waals surface area contributed by atoms with Gasteiger partial charge in [-0.15, -0.1) is 0 Å². The van der Waals surface area contributed by atoms with Gasteiger partial charge >= 0.3 is 5.76 Å². The molecule has 2 fully saturated rings. The Morgan fingerprint density at radius 3 is 2.67 bits per heavy atom. The maximum atomic E-state index is 12.4. The minimum Gasteiger partial charge on any atom is -0.405 e. The van der Waals surface area contributed by atoms with Gasteiger partial charge in [0.05, 0.1) is 11.2 Å². The number of carbonyl (C=O) groups is 2. The van der Waals surface area contributed by atoms with Crippen LogP contribution in [-0.2, 0) is 9.59 Å². The number of carbonyl (C=O) groups excluding carboxylic acids is 2. The van der Waals surface area contributed by atoms with Crippen LogP contribution in [0.2, 0.25) is 0 Å². The molecule has 1 aromatic carbocycles. The molecule has 0 bridgehead atoms. The van der Waals surface area contributed by atoms with Gasteiger partial charge in [-0.05, 0) is 18.6 Å². The topological polar surface area (TPSA) is 96.6 Å². The number of hydrogen-bond donors (Lipinski definition) is 2. The number of imide groups is 1. The second kappa shape index (κ2) is 5.79. The maximum absolute atomic E-state index is 12.4. The average Bonchev–Trinajstić information content (AvgIpc) is 2.92. The van der Waals surface area contributed by atoms with E-state index in [1.165, 1.54) is 4.57 Å². The van der Waals surface area contributed by atoms with E-state index in [2.05, 4.69) is 15.5 Å². The van der Waals surface area contributed by atoms with Crippen LogP contribution in [0.4, 0.5) is 5.69 Å². The number of amides is 2. The van der Waals surface area contributed by atoms with Gasteiger partial charge in [-0.2, -0.15) is 0 Å². The van der Waals surface area contributed by atoms with Crippen molar-refractivity contribution in [1.82, 2.24) is 15.2 Å². The first-order valence-corrected chi connectivity index (χ1v) is 8.08. The number of anilines is 1. The van der Waals surface area contributed by atoms with Gasteiger partial charge in [-0.1, -0.05) is 6.07 Å². The van der Waals surface area contributed by atoms with Crippen LogP contribution >= 0.6 is 0 Å². The smallest absolute Gasteiger partial charge is 0.405 e. The van der Waals surface area contributed by atoms with Gasteiger partial charge in [-0.25, -0.2) is 4.79 Å². The van der Waals surface area contributed by atoms with Crippen molar-refractivity contribution < 1.29 is 14.0 Å². The molecule has 0 saturated carbocycles. The Morgan fingerprint density at radius 2 is 1.92 bits per heavy atom. The van der Waals surface area contributed by atoms with Crippen molar-refractivity contribution in [3.8, 4) is 0 Å². The van der Waals surface area contributed by atoms with Crippen molar-refractivity contribution in [3.05, 3.63) is 28.7 Å². The average molecular weight is 330 g/mol. The molecule has 0 radical (unpaired) electrons. The van der Waals surface area contributed by atoms with Gasteiger partial charge in [0.25, 0.3) is 0 Å². The number of hydrogen-bond acceptors (Lipinski definition) is 6. The molecule has 2 aliphatic rings. The summed E-state index contributed by atoms with van der Waals surface area (Å²) in [6.45, 7) is 3.39. The highest BCUT2D eigenvalue weighted by Gasteiger charge is 2.32. The Labute approximate surface area is 137 Å². The normalized spacial score (nSPS) is 22.0. The summed E-state index contributed by atoms with van der Waals surface area (Å²) in [5.41, 5.74) is 1.94. The molecule has 2 aliphatic heterocycles. The molecule has 1 aromatic heterocycles. The lowest BCUT2D eigenvalue weighted by Gasteiger charge is -2.29. The first-order chi connectivity index (χ1) is 11.6. The van der Waals surface area contributed by atoms with E-state index in [4.69, 9.17) is 4.42 Å². The van der Waals surface area contributed by atoms with E-state index in [9.17, 15) is 14.4 Å². The molecule has 2 saturated heterocycles. The summed E-state index contributed by atoms with van der Waals surface area (Å²) in [5.74, 6) is -1.33. The summed E-state index contributed by atoms with van der Waals surface area (Å²) >= 11 is 0. The van der Waals surface area contributed by atoms with Crippen molar-refractivity contribution in [2.45, 2.75) is 18.9 Å². The molecule has 8 nitrogen and oxygen atoms in total. The van der Waals surface area contributed by atoms with Crippen LogP contribution in [0.1, 0.15) is 18.9 Å². The molecule has 2 aromatic rings. The fraction of sp³-hybridized carbons (Fsp3) is 0.438. The fourth-order valence-corrected chi connectivity index (χ4v) is 3.42. The number of aromatic nitrogens is 1. The quantitative estimate of drug-likeness (QED) is 0.752. The lowest BCUT2D eigenvalue weighted by atomic mass is 10.1. The van der Waals surface area contributed by atoms with Gasteiger partial charge in [0, 0.05) is 32.6 Å². The van der Waals surface area contributed by atoms with Crippen LogP contribution < -0.4 is 21.3 Å². The van der Waals surface area contributed by atoms with E-state index >= 15 is 0 Å². The number of nitrogens with one attached hydrogen (secondary N) is 2. The molecule has 2 amide bonds. The van der Waals surface area contributed by atoms with Gasteiger partial charge < -0.3 is 14.6 Å². The second-order valence-electron chi connectivity index (χ2n) is 6.07. The van der Waals surface area contributed by atoms with Crippen LogP contribution in [-0.4, -0.2) is 42.6 Å². The molecule has 126 valence electrons. The maximum Gasteiger partial charge on any atom is 0.420 e. The second-order valence-corrected chi connectivity index (χ2v) is 6.07. The lowest BCUT2D eigenvalue weighted by molar-refractivity contribution is -0.135. The van der Waals surface area contributed by atoms with Gasteiger partial charge in [0.1, 0.15) is 6.04 Å². The summed E-state index contributed by atoms with van der Waals surface area (Å²) in [7, 11) is 0. The summed E-state index contributed by atoms with van der Waals surface area (Å²) in [4.78, 5) is 38.0. The molecule has 1 unspecified atom stereocenters. The molecule has 3 heterocycles. The minimum atomic E-state index is -0.713. The molecule has 2 N–H and O–H groups in total. The summed E-state index contributed by atoms with van der Waals surface area (Å²) < 4.78 is 6.86. The highest BCUT2D eigenvalue weighted by atomic mass is 16.4. The molecule has 0 spiro atoms. The first-order valence-electron chi connectivity index (χ1n) is 8.08. The largest absolute Gasteiger partial charge is 0.420 e. The van der Waals surface area contributed by atoms with E-state index in [1.807, 2.05) is 12.1 Å². The third-order valence-electron chi connectivity index (χ3n) is 4.60. The predicted octanol–water partition coefficient (Wildman–Crippen LogP) is -0.0182. The van der Waals surface area contributed by atoms with Gasteiger partial charge in [0.15, 0.2) is 5.58 Å². The SMILES string of the molecule is O=C1CCC(n2c(=O)oc3c(N4CCNCC4)cccc32)C(=O)N1. The third kappa shape index (κ3) is 2.39. The molecule has 4 rings (SSSR count). The summed E-state index contributed by atoms with van der Waals surface area (Å²) in [6.07, 6.45) is 0.518. The number of piperidine rings is 1. The molecular formula is C16H18N4O4. The van der Waals surface area contributed by atoms with Crippen molar-refractivity contribution >= 4 is 28.6 Å². The summed E-state index contributed by atoms with van der Waals surface area (Å²) in [5, 5.41) is 5.58. The number of fused-ring (bicyclic) bond motifs is 1. The molecule has 24 heavy (non-hydrogen) atoms. The Kier molecular flexibility index (Phi) is 3.61. The lowest BCUT2D eigenvalue weighted by Crippen LogP contribution is -2.43. The molecule has 8 heteroatoms. The Balaban J connectivity index is 1.80. The Morgan fingerprint density at radius 1 is 1.12 bits per heavy atom. The number of rotatable bonds is 2. The number of para-hydroxylation sites is 1. The third-order valence-corrected chi connectivity index (χ3v) is 4.60. The highest BCUT2D eigenvalue weighted by Crippen LogP contribution is 2.29. The molecule has 1 atom stereocenters. The summed E-state index contributed by atoms with van der Waals surface area (Å²) in [6, 6.07) is 4.84. The van der Waals surface area contributed by atoms with E-state index in [-0.39, 0.29) is 12.3 Å². The number of benzene rings is 1. The fourth-order valence-electron chi connectivity index (χ4n) is 3.42. The van der Waals surface area contributed by atoms with Crippen LogP contribution in [0.25, 0.3) is 11.1 Å².